The number of likely N-dealkylation sites (tertiary alicyclic amines) is 1. The highest BCUT2D eigenvalue weighted by atomic mass is 32.2. The molecule has 0 aromatic heterocycles. The Hall–Kier alpha value is -2.31. The zero-order valence-corrected chi connectivity index (χ0v) is 21.1. The second kappa shape index (κ2) is 11.0. The molecule has 0 saturated carbocycles. The minimum atomic E-state index is -0.542. The van der Waals surface area contributed by atoms with Crippen LogP contribution in [-0.2, 0) is 4.79 Å². The topological polar surface area (TPSA) is 38.8 Å². The lowest BCUT2D eigenvalue weighted by Gasteiger charge is -2.18. The van der Waals surface area contributed by atoms with Gasteiger partial charge in [-0.15, -0.1) is 11.8 Å². The fourth-order valence-corrected chi connectivity index (χ4v) is 5.20. The van der Waals surface area contributed by atoms with Gasteiger partial charge in [0.25, 0.3) is 0 Å². The number of alkyl halides is 1. The van der Waals surface area contributed by atoms with Crippen molar-refractivity contribution in [1.29, 1.82) is 0 Å². The van der Waals surface area contributed by atoms with Crippen molar-refractivity contribution in [3.8, 4) is 11.5 Å². The van der Waals surface area contributed by atoms with Gasteiger partial charge in [-0.3, -0.25) is 14.1 Å². The van der Waals surface area contributed by atoms with Crippen LogP contribution in [0.4, 0.5) is 4.39 Å². The summed E-state index contributed by atoms with van der Waals surface area (Å²) >= 11 is 1.79. The molecule has 0 unspecified atom stereocenters. The van der Waals surface area contributed by atoms with Gasteiger partial charge in [0, 0.05) is 30.3 Å². The molecule has 1 fully saturated rings. The molecule has 4 rings (SSSR count). The monoisotopic (exact) mass is 483 g/mol. The molecule has 2 heterocycles. The Morgan fingerprint density at radius 1 is 1.15 bits per heavy atom. The number of fused-ring (bicyclic) bond motifs is 1. The summed E-state index contributed by atoms with van der Waals surface area (Å²) in [6.45, 7) is 7.95. The second-order valence-corrected chi connectivity index (χ2v) is 11.1. The van der Waals surface area contributed by atoms with Gasteiger partial charge in [-0.1, -0.05) is 18.2 Å². The van der Waals surface area contributed by atoms with E-state index in [2.05, 4.69) is 29.2 Å². The Morgan fingerprint density at radius 2 is 1.91 bits per heavy atom. The number of allylic oxidation sites excluding steroid dienone is 1. The Bertz CT molecular complexity index is 1030. The lowest BCUT2D eigenvalue weighted by molar-refractivity contribution is -0.143. The highest BCUT2D eigenvalue weighted by Gasteiger charge is 2.25. The number of nitrogens with zero attached hydrogens (tertiary/aromatic N) is 1. The largest absolute Gasteiger partial charge is 0.489 e. The van der Waals surface area contributed by atoms with Crippen LogP contribution in [-0.4, -0.2) is 49.0 Å². The molecule has 0 bridgehead atoms. The van der Waals surface area contributed by atoms with E-state index >= 15 is 0 Å². The molecular formula is C28H34FNO3S. The predicted octanol–water partition coefficient (Wildman–Crippen LogP) is 6.38. The number of thioether (sulfide) groups is 1. The van der Waals surface area contributed by atoms with Gasteiger partial charge >= 0.3 is 5.97 Å². The SMILES string of the molecule is CC(C)(C)C(=O)Oc1ccc2c(c1)SCCC=C2c1ccc(O[C@H]2CCN(CCCF)C2)cc1. The van der Waals surface area contributed by atoms with Crippen LogP contribution in [0.5, 0.6) is 11.5 Å². The summed E-state index contributed by atoms with van der Waals surface area (Å²) in [5.74, 6) is 2.21. The molecule has 2 aliphatic heterocycles. The molecule has 1 saturated heterocycles. The van der Waals surface area contributed by atoms with Crippen molar-refractivity contribution in [2.45, 2.75) is 51.0 Å². The first-order valence-electron chi connectivity index (χ1n) is 12.1. The van der Waals surface area contributed by atoms with Crippen molar-refractivity contribution in [2.24, 2.45) is 5.41 Å². The van der Waals surface area contributed by atoms with Crippen LogP contribution >= 0.6 is 11.8 Å². The summed E-state index contributed by atoms with van der Waals surface area (Å²) in [5.41, 5.74) is 2.95. The smallest absolute Gasteiger partial charge is 0.316 e. The molecule has 0 N–H and O–H groups in total. The summed E-state index contributed by atoms with van der Waals surface area (Å²) in [6, 6.07) is 14.2. The number of benzene rings is 2. The van der Waals surface area contributed by atoms with Gasteiger partial charge in [-0.05, 0) is 87.1 Å². The maximum absolute atomic E-state index is 12.4. The standard InChI is InChI=1S/C28H34FNO3S/c1-28(2,3)27(31)33-22-11-12-25-24(6-4-17-34-26(25)18-22)20-7-9-21(10-8-20)32-23-13-16-30(19-23)15-5-14-29/h6-12,18,23H,4-5,13-17,19H2,1-3H3/t23-/m0/s1. The fourth-order valence-electron chi connectivity index (χ4n) is 4.21. The van der Waals surface area contributed by atoms with E-state index in [1.165, 1.54) is 5.57 Å². The number of ether oxygens (including phenoxy) is 2. The number of hydrogen-bond donors (Lipinski definition) is 0. The summed E-state index contributed by atoms with van der Waals surface area (Å²) in [5, 5.41) is 0. The molecule has 0 spiro atoms. The van der Waals surface area contributed by atoms with E-state index in [0.717, 1.165) is 60.0 Å². The van der Waals surface area contributed by atoms with E-state index in [1.807, 2.05) is 45.0 Å². The third kappa shape index (κ3) is 6.22. The van der Waals surface area contributed by atoms with Crippen molar-refractivity contribution in [1.82, 2.24) is 4.90 Å². The van der Waals surface area contributed by atoms with Gasteiger partial charge in [-0.25, -0.2) is 0 Å². The average molecular weight is 484 g/mol. The third-order valence-electron chi connectivity index (χ3n) is 6.10. The van der Waals surface area contributed by atoms with Crippen LogP contribution in [0.3, 0.4) is 0 Å². The normalized spacial score (nSPS) is 18.7. The van der Waals surface area contributed by atoms with Gasteiger partial charge < -0.3 is 9.47 Å². The summed E-state index contributed by atoms with van der Waals surface area (Å²) < 4.78 is 24.2. The van der Waals surface area contributed by atoms with Gasteiger partial charge in [-0.2, -0.15) is 0 Å². The third-order valence-corrected chi connectivity index (χ3v) is 7.18. The molecule has 2 aromatic rings. The van der Waals surface area contributed by atoms with Crippen LogP contribution in [0.15, 0.2) is 53.4 Å². The first-order chi connectivity index (χ1) is 16.3. The average Bonchev–Trinajstić information content (AvgIpc) is 3.14. The van der Waals surface area contributed by atoms with E-state index in [1.54, 1.807) is 11.8 Å². The molecule has 2 aliphatic rings. The molecule has 2 aromatic carbocycles. The molecule has 0 radical (unpaired) electrons. The molecule has 182 valence electrons. The van der Waals surface area contributed by atoms with E-state index in [4.69, 9.17) is 9.47 Å². The molecular weight excluding hydrogens is 449 g/mol. The van der Waals surface area contributed by atoms with Crippen LogP contribution in [0.1, 0.15) is 51.2 Å². The lowest BCUT2D eigenvalue weighted by Crippen LogP contribution is -2.26. The molecule has 34 heavy (non-hydrogen) atoms. The van der Waals surface area contributed by atoms with Crippen molar-refractivity contribution in [2.75, 3.05) is 32.1 Å². The maximum atomic E-state index is 12.4. The number of hydrogen-bond acceptors (Lipinski definition) is 5. The van der Waals surface area contributed by atoms with E-state index in [0.29, 0.717) is 12.2 Å². The quantitative estimate of drug-likeness (QED) is 0.338. The van der Waals surface area contributed by atoms with Crippen molar-refractivity contribution in [3.05, 3.63) is 59.7 Å². The van der Waals surface area contributed by atoms with Gasteiger partial charge in [0.1, 0.15) is 17.6 Å². The molecule has 4 nitrogen and oxygen atoms in total. The van der Waals surface area contributed by atoms with Gasteiger partial charge in [0.05, 0.1) is 12.1 Å². The van der Waals surface area contributed by atoms with E-state index < -0.39 is 5.41 Å². The Morgan fingerprint density at radius 3 is 2.65 bits per heavy atom. The second-order valence-electron chi connectivity index (χ2n) is 9.95. The molecule has 0 aliphatic carbocycles. The van der Waals surface area contributed by atoms with Crippen LogP contribution in [0.2, 0.25) is 0 Å². The maximum Gasteiger partial charge on any atom is 0.316 e. The lowest BCUT2D eigenvalue weighted by atomic mass is 9.96. The zero-order chi connectivity index (χ0) is 24.1. The minimum Gasteiger partial charge on any atom is -0.489 e. The number of esters is 1. The summed E-state index contributed by atoms with van der Waals surface area (Å²) in [7, 11) is 0. The van der Waals surface area contributed by atoms with Gasteiger partial charge in [0.15, 0.2) is 0 Å². The Kier molecular flexibility index (Phi) is 7.99. The van der Waals surface area contributed by atoms with E-state index in [-0.39, 0.29) is 18.7 Å². The minimum absolute atomic E-state index is 0.161. The number of carbonyl (C=O) groups is 1. The first kappa shape index (κ1) is 24.8. The first-order valence-corrected chi connectivity index (χ1v) is 13.1. The number of carbonyl (C=O) groups excluding carboxylic acids is 1. The van der Waals surface area contributed by atoms with Crippen LogP contribution in [0.25, 0.3) is 5.57 Å². The van der Waals surface area contributed by atoms with Crippen molar-refractivity contribution in [3.63, 3.8) is 0 Å². The predicted molar refractivity (Wildman–Crippen MR) is 136 cm³/mol. The highest BCUT2D eigenvalue weighted by molar-refractivity contribution is 7.99. The highest BCUT2D eigenvalue weighted by Crippen LogP contribution is 2.38. The van der Waals surface area contributed by atoms with Crippen molar-refractivity contribution < 1.29 is 18.7 Å². The van der Waals surface area contributed by atoms with Crippen LogP contribution < -0.4 is 9.47 Å². The number of rotatable bonds is 7. The number of halogens is 1. The Labute approximate surface area is 206 Å². The molecule has 1 atom stereocenters. The summed E-state index contributed by atoms with van der Waals surface area (Å²) in [4.78, 5) is 15.7. The zero-order valence-electron chi connectivity index (χ0n) is 20.3. The van der Waals surface area contributed by atoms with Gasteiger partial charge in [0.2, 0.25) is 0 Å². The van der Waals surface area contributed by atoms with Crippen molar-refractivity contribution >= 4 is 23.3 Å². The van der Waals surface area contributed by atoms with Crippen LogP contribution in [0, 0.1) is 5.41 Å². The summed E-state index contributed by atoms with van der Waals surface area (Å²) in [6.07, 6.45) is 4.99. The molecule has 6 heteroatoms. The Balaban J connectivity index is 1.45. The molecule has 0 amide bonds. The fraction of sp³-hybridized carbons (Fsp3) is 0.464. The van der Waals surface area contributed by atoms with E-state index in [9.17, 15) is 9.18 Å².